The van der Waals surface area contributed by atoms with Gasteiger partial charge in [0.25, 0.3) is 0 Å². The van der Waals surface area contributed by atoms with Crippen LogP contribution in [0.5, 0.6) is 46.0 Å². The first-order valence-corrected chi connectivity index (χ1v) is 50.7. The number of phenolic OH excluding ortho intramolecular Hbond substituents is 8. The third-order valence-electron chi connectivity index (χ3n) is 23.7. The Morgan fingerprint density at radius 3 is 1.19 bits per heavy atom. The molecule has 9 N–H and O–H groups in total. The predicted molar refractivity (Wildman–Crippen MR) is 566 cm³/mol. The van der Waals surface area contributed by atoms with Crippen molar-refractivity contribution in [2.24, 2.45) is 37.6 Å². The number of allylic oxidation sites excluding steroid dienone is 7. The Bertz CT molecular complexity index is 5790. The highest BCUT2D eigenvalue weighted by Crippen LogP contribution is 2.40. The van der Waals surface area contributed by atoms with E-state index in [9.17, 15) is 79.2 Å². The molecule has 5 atom stereocenters. The number of carbonyl (C=O) groups excluding carboxylic acids is 7. The number of phenols is 8. The third-order valence-corrected chi connectivity index (χ3v) is 24.1. The first-order chi connectivity index (χ1) is 71.4. The number of hydrogen-bond acceptors (Lipinski definition) is 33. The highest BCUT2D eigenvalue weighted by molar-refractivity contribution is 6.33. The van der Waals surface area contributed by atoms with E-state index in [1.54, 1.807) is 26.0 Å². The summed E-state index contributed by atoms with van der Waals surface area (Å²) in [6, 6.07) is 22.4. The Kier molecular flexibility index (Phi) is 53.5. The number of rotatable bonds is 17. The Balaban J connectivity index is 0.000000252. The van der Waals surface area contributed by atoms with Crippen molar-refractivity contribution >= 4 is 87.9 Å². The summed E-state index contributed by atoms with van der Waals surface area (Å²) >= 11 is 6.23. The number of ether oxygens (including phenoxy) is 7. The van der Waals surface area contributed by atoms with Gasteiger partial charge in [0.15, 0.2) is 0 Å². The number of carboxylic acid groups (broad SMARTS) is 1. The van der Waals surface area contributed by atoms with Gasteiger partial charge in [-0.15, -0.1) is 0 Å². The number of cyclic esters (lactones) is 5. The van der Waals surface area contributed by atoms with Crippen LogP contribution in [0.1, 0.15) is 292 Å². The molecule has 6 aromatic carbocycles. The molecular weight excluding hydrogens is 1940 g/mol. The lowest BCUT2D eigenvalue weighted by atomic mass is 9.93. The second-order valence-corrected chi connectivity index (χ2v) is 37.4. The molecule has 0 aromatic heterocycles. The molecule has 3 unspecified atom stereocenters. The fraction of sp³-hybridized carbons (Fsp3) is 0.447. The molecule has 149 heavy (non-hydrogen) atoms. The van der Waals surface area contributed by atoms with Crippen molar-refractivity contribution in [3.8, 4) is 46.0 Å². The van der Waals surface area contributed by atoms with E-state index in [0.717, 1.165) is 147 Å². The topological polar surface area (TPSA) is 491 Å². The Morgan fingerprint density at radius 1 is 0.409 bits per heavy atom. The van der Waals surface area contributed by atoms with Crippen LogP contribution in [0, 0.1) is 25.7 Å². The number of benzene rings is 6. The number of carboxylic acids is 1. The minimum absolute atomic E-state index is 0.00911. The van der Waals surface area contributed by atoms with E-state index < -0.39 is 72.6 Å². The summed E-state index contributed by atoms with van der Waals surface area (Å²) in [5.41, 5.74) is 8.77. The second-order valence-electron chi connectivity index (χ2n) is 37.0. The SMILES string of the molecule is C=CCON=C1CCCC/C=C/CC(C)OC(=O)c2c(O)cc(O)cc2C1.CC1C/C=C/CCCCC(=NOCc2ccccc2)Cc2cc(O)cc(O)c2C(=O)O1.COC(=O)CO/N=C1\C=C\CC/C=C/CC(C)OC(=O)c2c(O)cc(O)c(Cl)c2C1.COC(=O)CON=C1CCCC/C=C/C[C@@H](C(C)C)OC(=O)c2c(O)cc(O)cc2C1.Cc1cc(C)c2c(c1)CC(=NOCC(=O)O)CCCC/C=C/C[C@@H](C(C)C)OC2=O. The summed E-state index contributed by atoms with van der Waals surface area (Å²) in [4.78, 5) is 123. The summed E-state index contributed by atoms with van der Waals surface area (Å²) in [6.07, 6.45) is 43.3. The maximum atomic E-state index is 13.1. The maximum absolute atomic E-state index is 13.1. The number of esters is 7. The zero-order valence-corrected chi connectivity index (χ0v) is 87.7. The van der Waals surface area contributed by atoms with Gasteiger partial charge in [0, 0.05) is 88.5 Å². The zero-order chi connectivity index (χ0) is 109. The van der Waals surface area contributed by atoms with Crippen molar-refractivity contribution in [1.82, 2.24) is 0 Å². The van der Waals surface area contributed by atoms with Gasteiger partial charge in [-0.05, 0) is 225 Å². The highest BCUT2D eigenvalue weighted by atomic mass is 35.5. The van der Waals surface area contributed by atoms with Crippen molar-refractivity contribution in [3.05, 3.63) is 248 Å². The number of aliphatic carboxylic acids is 1. The zero-order valence-electron chi connectivity index (χ0n) is 87.0. The molecule has 6 aromatic rings. The smallest absolute Gasteiger partial charge is 0.346 e. The van der Waals surface area contributed by atoms with Crippen LogP contribution in [0.4, 0.5) is 0 Å². The standard InChI is InChI=1S/C25H29NO5.C24H33NO5.C23H31NO7.C21H24ClNO7.C21H27NO5/c1-18-10-6-3-2-4-9-13-21(26-30-17-19-11-7-5-8-12-19)14-20-15-22(27)16-23(28)24(20)25(29)31-18;1-16(2)21-11-9-7-5-6-8-10-20(25-29-15-22(26)27)14-19-13-17(3)12-18(4)23(19)24(28)30-21;1-15(2)20-10-8-6-4-5-7-9-17(24-30-14-21(27)29-3)11-16-12-18(25)13-19(26)22(16)23(28)31-20;1-13-8-6-4-3-5-7-9-14(23-29-12-18(26)28-2)10-15-19(21(27)30-13)16(24)11-17(25)20(15)22;1-3-11-26-22-17-10-8-6-4-5-7-9-15(2)27-21(25)20-16(12-17)13-18(23)14-19(20)24/h3,5-8,11-12,15-16,18,27-28H,2,4,9-10,13-14,17H2,1H3;7,9,12-13,16,21H,5-6,8,10-11,14-15H2,1-4H3,(H,26,27);6,8,12-13,15,20,25-26H,4-5,7,9-11,14H2,1-3H3;4,6-7,9,11,13,24-25H,3,5,8,10,12H2,1-2H3;3,5,7,13-15,23-24H,1,4,6,8-12H2,2H3/b6-3+,26-21?;9-7+,25-20?;8-6+,24-17?;6-4+,9-7+,23-14+;7-5+,22-17?/t;21-;20-;;/m.00../s1. The minimum Gasteiger partial charge on any atom is -0.508 e. The van der Waals surface area contributed by atoms with Crippen molar-refractivity contribution in [1.29, 1.82) is 0 Å². The van der Waals surface area contributed by atoms with E-state index >= 15 is 0 Å². The number of aryl methyl sites for hydroxylation is 2. The Hall–Kier alpha value is -14.7. The van der Waals surface area contributed by atoms with Crippen molar-refractivity contribution in [2.75, 3.05) is 40.6 Å². The van der Waals surface area contributed by atoms with Gasteiger partial charge in [-0.1, -0.05) is 193 Å². The summed E-state index contributed by atoms with van der Waals surface area (Å²) in [5.74, 6) is -7.19. The lowest BCUT2D eigenvalue weighted by Gasteiger charge is -2.22. The van der Waals surface area contributed by atoms with E-state index in [2.05, 4.69) is 86.1 Å². The predicted octanol–water partition coefficient (Wildman–Crippen LogP) is 22.1. The summed E-state index contributed by atoms with van der Waals surface area (Å²) < 4.78 is 37.0. The Morgan fingerprint density at radius 2 is 0.772 bits per heavy atom. The van der Waals surface area contributed by atoms with Crippen molar-refractivity contribution in [2.45, 2.75) is 279 Å². The average molecular weight is 2080 g/mol. The third kappa shape index (κ3) is 44.1. The number of nitrogens with zero attached hydrogens (tertiary/aromatic N) is 5. The van der Waals surface area contributed by atoms with Crippen LogP contribution in [0.3, 0.4) is 0 Å². The number of halogens is 1. The fourth-order valence-corrected chi connectivity index (χ4v) is 16.2. The molecule has 0 aliphatic carbocycles. The quantitative estimate of drug-likeness (QED) is 0.0135. The number of aromatic hydroxyl groups is 8. The van der Waals surface area contributed by atoms with E-state index in [0.29, 0.717) is 111 Å². The van der Waals surface area contributed by atoms with E-state index in [4.69, 9.17) is 64.6 Å². The molecule has 806 valence electrons. The number of methoxy groups -OCH3 is 2. The molecule has 0 saturated carbocycles. The molecule has 5 heterocycles. The van der Waals surface area contributed by atoms with Gasteiger partial charge in [0.1, 0.15) is 112 Å². The van der Waals surface area contributed by atoms with Gasteiger partial charge in [0.2, 0.25) is 19.8 Å². The van der Waals surface area contributed by atoms with Crippen LogP contribution in [0.25, 0.3) is 0 Å². The highest BCUT2D eigenvalue weighted by Gasteiger charge is 2.32. The lowest BCUT2D eigenvalue weighted by molar-refractivity contribution is -0.146. The molecule has 0 radical (unpaired) electrons. The molecule has 0 saturated heterocycles. The van der Waals surface area contributed by atoms with E-state index in [1.807, 2.05) is 114 Å². The van der Waals surface area contributed by atoms with Crippen molar-refractivity contribution < 1.29 is 142 Å². The molecule has 5 aliphatic rings. The molecule has 0 spiro atoms. The lowest BCUT2D eigenvalue weighted by Crippen LogP contribution is -2.25. The molecule has 0 bridgehead atoms. The normalized spacial score (nSPS) is 20.9. The van der Waals surface area contributed by atoms with Gasteiger partial charge in [0.05, 0.1) is 53.4 Å². The van der Waals surface area contributed by atoms with Crippen LogP contribution in [0.15, 0.2) is 196 Å². The Labute approximate surface area is 876 Å². The molecule has 0 fully saturated rings. The van der Waals surface area contributed by atoms with Crippen molar-refractivity contribution in [3.63, 3.8) is 0 Å². The van der Waals surface area contributed by atoms with Gasteiger partial charge < -0.3 is 103 Å². The first kappa shape index (κ1) is 121. The average Bonchev–Trinajstić information content (AvgIpc) is 0.740. The molecule has 5 aliphatic heterocycles. The maximum Gasteiger partial charge on any atom is 0.346 e. The summed E-state index contributed by atoms with van der Waals surface area (Å²) in [6.45, 7) is 20.3. The molecule has 11 rings (SSSR count). The number of carbonyl (C=O) groups is 8. The first-order valence-electron chi connectivity index (χ1n) is 50.3. The largest absolute Gasteiger partial charge is 0.508 e. The minimum atomic E-state index is -1.07. The fourth-order valence-electron chi connectivity index (χ4n) is 16.0. The van der Waals surface area contributed by atoms with Crippen LogP contribution >= 0.6 is 11.6 Å². The monoisotopic (exact) mass is 2080 g/mol. The molecule has 35 heteroatoms. The van der Waals surface area contributed by atoms with Crippen LogP contribution < -0.4 is 0 Å². The summed E-state index contributed by atoms with van der Waals surface area (Å²) in [7, 11) is 2.48. The van der Waals surface area contributed by atoms with E-state index in [1.165, 1.54) is 32.4 Å². The second kappa shape index (κ2) is 65.8. The van der Waals surface area contributed by atoms with E-state index in [-0.39, 0.29) is 148 Å². The molecular formula is C114H144ClN5O29. The summed E-state index contributed by atoms with van der Waals surface area (Å²) in [5, 5.41) is 110. The molecule has 0 amide bonds. The van der Waals surface area contributed by atoms with Gasteiger partial charge in [-0.25, -0.2) is 38.4 Å². The number of hydrogen-bond donors (Lipinski definition) is 9. The number of oxime groups is 5. The van der Waals surface area contributed by atoms with Gasteiger partial charge in [-0.3, -0.25) is 0 Å². The number of fused-ring (bicyclic) bond motifs is 5. The van der Waals surface area contributed by atoms with Gasteiger partial charge in [-0.2, -0.15) is 0 Å². The van der Waals surface area contributed by atoms with Crippen LogP contribution in [-0.4, -0.2) is 193 Å². The molecule has 34 nitrogen and oxygen atoms in total. The van der Waals surface area contributed by atoms with Crippen LogP contribution in [-0.2, 0) is 110 Å². The van der Waals surface area contributed by atoms with Crippen LogP contribution in [0.2, 0.25) is 5.02 Å². The van der Waals surface area contributed by atoms with Gasteiger partial charge >= 0.3 is 47.8 Å².